The minimum absolute atomic E-state index is 0.0565. The van der Waals surface area contributed by atoms with Crippen molar-refractivity contribution in [1.82, 2.24) is 0 Å². The average Bonchev–Trinajstić information content (AvgIpc) is 2.78. The highest BCUT2D eigenvalue weighted by atomic mass is 16.6. The first-order chi connectivity index (χ1) is 11.8. The van der Waals surface area contributed by atoms with Crippen molar-refractivity contribution in [2.75, 3.05) is 22.9 Å². The molecule has 0 aliphatic carbocycles. The second-order valence-corrected chi connectivity index (χ2v) is 7.45. The quantitative estimate of drug-likeness (QED) is 0.478. The Labute approximate surface area is 146 Å². The largest absolute Gasteiger partial charge is 0.365 e. The topological polar surface area (TPSA) is 83.8 Å². The first kappa shape index (κ1) is 17.4. The molecule has 0 bridgehead atoms. The van der Waals surface area contributed by atoms with Gasteiger partial charge in [0.1, 0.15) is 5.69 Å². The van der Waals surface area contributed by atoms with Crippen LogP contribution in [0.25, 0.3) is 0 Å². The van der Waals surface area contributed by atoms with Gasteiger partial charge in [0.15, 0.2) is 0 Å². The molecule has 2 amide bonds. The minimum atomic E-state index is -0.433. The highest BCUT2D eigenvalue weighted by molar-refractivity contribution is 6.21. The number of nitro groups is 1. The van der Waals surface area contributed by atoms with Gasteiger partial charge in [-0.15, -0.1) is 0 Å². The lowest BCUT2D eigenvalue weighted by Gasteiger charge is -2.36. The Balaban J connectivity index is 1.98. The highest BCUT2D eigenvalue weighted by Crippen LogP contribution is 2.37. The van der Waals surface area contributed by atoms with Crippen LogP contribution < -0.4 is 9.80 Å². The predicted molar refractivity (Wildman–Crippen MR) is 94.5 cm³/mol. The van der Waals surface area contributed by atoms with Crippen LogP contribution in [-0.2, 0) is 9.59 Å². The Morgan fingerprint density at radius 1 is 1.12 bits per heavy atom. The number of imide groups is 1. The third kappa shape index (κ3) is 3.23. The van der Waals surface area contributed by atoms with Crippen molar-refractivity contribution in [3.8, 4) is 0 Å². The van der Waals surface area contributed by atoms with Crippen molar-refractivity contribution in [2.24, 2.45) is 17.8 Å². The van der Waals surface area contributed by atoms with Gasteiger partial charge >= 0.3 is 0 Å². The van der Waals surface area contributed by atoms with Crippen LogP contribution in [0.5, 0.6) is 0 Å². The molecule has 2 aliphatic rings. The first-order valence-electron chi connectivity index (χ1n) is 8.68. The van der Waals surface area contributed by atoms with Crippen LogP contribution in [0, 0.1) is 27.9 Å². The van der Waals surface area contributed by atoms with E-state index in [1.54, 1.807) is 19.1 Å². The number of piperidine rings is 1. The summed E-state index contributed by atoms with van der Waals surface area (Å²) < 4.78 is 0. The highest BCUT2D eigenvalue weighted by Gasteiger charge is 2.38. The van der Waals surface area contributed by atoms with E-state index in [4.69, 9.17) is 0 Å². The van der Waals surface area contributed by atoms with E-state index in [1.165, 1.54) is 6.07 Å². The monoisotopic (exact) mass is 345 g/mol. The molecule has 3 atom stereocenters. The number of nitrogens with zero attached hydrogens (tertiary/aromatic N) is 3. The zero-order valence-electron chi connectivity index (χ0n) is 14.8. The summed E-state index contributed by atoms with van der Waals surface area (Å²) in [5.41, 5.74) is 0.783. The summed E-state index contributed by atoms with van der Waals surface area (Å²) in [7, 11) is 0. The van der Waals surface area contributed by atoms with Gasteiger partial charge in [-0.05, 0) is 30.4 Å². The number of hydrogen-bond donors (Lipinski definition) is 0. The van der Waals surface area contributed by atoms with E-state index in [-0.39, 0.29) is 35.5 Å². The summed E-state index contributed by atoms with van der Waals surface area (Å²) >= 11 is 0. The summed E-state index contributed by atoms with van der Waals surface area (Å²) in [6.45, 7) is 7.52. The van der Waals surface area contributed by atoms with Crippen molar-refractivity contribution < 1.29 is 14.5 Å². The molecule has 1 aromatic rings. The fraction of sp³-hybridized carbons (Fsp3) is 0.556. The molecule has 1 aromatic carbocycles. The number of hydrogen-bond acceptors (Lipinski definition) is 5. The van der Waals surface area contributed by atoms with Crippen LogP contribution in [0.4, 0.5) is 17.1 Å². The third-order valence-corrected chi connectivity index (χ3v) is 5.00. The van der Waals surface area contributed by atoms with Crippen molar-refractivity contribution >= 4 is 28.9 Å². The van der Waals surface area contributed by atoms with Crippen LogP contribution in [-0.4, -0.2) is 29.8 Å². The van der Waals surface area contributed by atoms with Gasteiger partial charge in [0.2, 0.25) is 11.8 Å². The van der Waals surface area contributed by atoms with Crippen LogP contribution >= 0.6 is 0 Å². The number of benzene rings is 1. The molecule has 0 saturated carbocycles. The van der Waals surface area contributed by atoms with E-state index in [2.05, 4.69) is 13.8 Å². The first-order valence-corrected chi connectivity index (χ1v) is 8.68. The van der Waals surface area contributed by atoms with Gasteiger partial charge in [-0.2, -0.15) is 0 Å². The molecule has 2 aliphatic heterocycles. The van der Waals surface area contributed by atoms with Gasteiger partial charge in [0.05, 0.1) is 10.6 Å². The van der Waals surface area contributed by atoms with Crippen molar-refractivity contribution in [1.29, 1.82) is 0 Å². The van der Waals surface area contributed by atoms with E-state index in [0.717, 1.165) is 24.4 Å². The van der Waals surface area contributed by atoms with E-state index >= 15 is 0 Å². The van der Waals surface area contributed by atoms with Gasteiger partial charge in [-0.25, -0.2) is 0 Å². The average molecular weight is 345 g/mol. The summed E-state index contributed by atoms with van der Waals surface area (Å²) in [4.78, 5) is 38.6. The van der Waals surface area contributed by atoms with Crippen LogP contribution in [0.3, 0.4) is 0 Å². The Hall–Kier alpha value is -2.44. The molecular weight excluding hydrogens is 322 g/mol. The molecule has 25 heavy (non-hydrogen) atoms. The normalized spacial score (nSPS) is 27.1. The summed E-state index contributed by atoms with van der Waals surface area (Å²) in [5.74, 6) is -0.0571. The Morgan fingerprint density at radius 3 is 2.28 bits per heavy atom. The molecule has 0 aromatic heterocycles. The van der Waals surface area contributed by atoms with Crippen LogP contribution in [0.2, 0.25) is 0 Å². The van der Waals surface area contributed by atoms with Crippen LogP contribution in [0.1, 0.15) is 33.6 Å². The number of nitro benzene ring substituents is 1. The van der Waals surface area contributed by atoms with E-state index in [1.807, 2.05) is 4.90 Å². The molecule has 0 spiro atoms. The fourth-order valence-electron chi connectivity index (χ4n) is 3.98. The molecule has 2 saturated heterocycles. The lowest BCUT2D eigenvalue weighted by atomic mass is 9.91. The SMILES string of the molecule is CC1CC(C)CN(c2ccc(N3C(=O)CC(C)C3=O)cc2[N+](=O)[O-])C1. The third-order valence-electron chi connectivity index (χ3n) is 5.00. The Kier molecular flexibility index (Phi) is 4.49. The maximum atomic E-state index is 12.2. The van der Waals surface area contributed by atoms with Gasteiger partial charge < -0.3 is 4.90 Å². The van der Waals surface area contributed by atoms with Crippen molar-refractivity contribution in [2.45, 2.75) is 33.6 Å². The maximum absolute atomic E-state index is 12.2. The Bertz CT molecular complexity index is 723. The van der Waals surface area contributed by atoms with E-state index in [9.17, 15) is 19.7 Å². The molecular formula is C18H23N3O4. The molecule has 3 unspecified atom stereocenters. The van der Waals surface area contributed by atoms with Crippen LogP contribution in [0.15, 0.2) is 18.2 Å². The fourth-order valence-corrected chi connectivity index (χ4v) is 3.98. The number of carbonyl (C=O) groups excluding carboxylic acids is 2. The number of rotatable bonds is 3. The molecule has 134 valence electrons. The number of amides is 2. The van der Waals surface area contributed by atoms with Crippen molar-refractivity contribution in [3.05, 3.63) is 28.3 Å². The van der Waals surface area contributed by atoms with Crippen molar-refractivity contribution in [3.63, 3.8) is 0 Å². The maximum Gasteiger partial charge on any atom is 0.294 e. The summed E-state index contributed by atoms with van der Waals surface area (Å²) in [6.07, 6.45) is 1.26. The number of carbonyl (C=O) groups is 2. The van der Waals surface area contributed by atoms with Gasteiger partial charge in [0.25, 0.3) is 5.69 Å². The lowest BCUT2D eigenvalue weighted by molar-refractivity contribution is -0.384. The number of anilines is 2. The minimum Gasteiger partial charge on any atom is -0.365 e. The zero-order chi connectivity index (χ0) is 18.3. The molecule has 7 heteroatoms. The predicted octanol–water partition coefficient (Wildman–Crippen LogP) is 2.98. The second-order valence-electron chi connectivity index (χ2n) is 7.45. The van der Waals surface area contributed by atoms with Gasteiger partial charge in [-0.3, -0.25) is 24.6 Å². The lowest BCUT2D eigenvalue weighted by Crippen LogP contribution is -2.39. The second kappa shape index (κ2) is 6.46. The molecule has 0 radical (unpaired) electrons. The van der Waals surface area contributed by atoms with Gasteiger partial charge in [-0.1, -0.05) is 20.8 Å². The summed E-state index contributed by atoms with van der Waals surface area (Å²) in [6, 6.07) is 4.66. The van der Waals surface area contributed by atoms with Gasteiger partial charge in [0, 0.05) is 31.5 Å². The Morgan fingerprint density at radius 2 is 1.76 bits per heavy atom. The molecule has 7 nitrogen and oxygen atoms in total. The zero-order valence-corrected chi connectivity index (χ0v) is 14.8. The standard InChI is InChI=1S/C18H23N3O4/c1-11-6-12(2)10-19(9-11)15-5-4-14(8-16(15)21(24)25)20-17(22)7-13(3)18(20)23/h4-5,8,11-13H,6-7,9-10H2,1-3H3. The van der Waals surface area contributed by atoms with E-state index < -0.39 is 4.92 Å². The molecule has 0 N–H and O–H groups in total. The molecule has 2 fully saturated rings. The molecule has 2 heterocycles. The molecule has 3 rings (SSSR count). The smallest absolute Gasteiger partial charge is 0.294 e. The van der Waals surface area contributed by atoms with E-state index in [0.29, 0.717) is 17.5 Å². The summed E-state index contributed by atoms with van der Waals surface area (Å²) in [5, 5.41) is 11.6.